The number of unbranched alkanes of at least 4 members (excludes halogenated alkanes) is 1. The maximum absolute atomic E-state index is 14.2. The SMILES string of the molecule is CCCCc1ccc(NC(=O)N(Cc2ccc(-c3ccccc3)cc2)C(Cc2ccc(OC)cc2)C2CCNCC2)cc1. The zero-order valence-corrected chi connectivity index (χ0v) is 25.6. The zero-order valence-electron chi connectivity index (χ0n) is 25.6. The van der Waals surface area contributed by atoms with E-state index in [1.54, 1.807) is 7.11 Å². The van der Waals surface area contributed by atoms with Gasteiger partial charge in [-0.25, -0.2) is 4.79 Å². The van der Waals surface area contributed by atoms with Crippen LogP contribution in [0.25, 0.3) is 11.1 Å². The number of aryl methyl sites for hydroxylation is 1. The first-order valence-corrected chi connectivity index (χ1v) is 15.8. The predicted octanol–water partition coefficient (Wildman–Crippen LogP) is 8.35. The highest BCUT2D eigenvalue weighted by Gasteiger charge is 2.32. The minimum Gasteiger partial charge on any atom is -0.497 e. The molecule has 43 heavy (non-hydrogen) atoms. The second-order valence-corrected chi connectivity index (χ2v) is 11.6. The monoisotopic (exact) mass is 575 g/mol. The maximum atomic E-state index is 14.2. The summed E-state index contributed by atoms with van der Waals surface area (Å²) >= 11 is 0. The van der Waals surface area contributed by atoms with Gasteiger partial charge in [-0.3, -0.25) is 0 Å². The largest absolute Gasteiger partial charge is 0.497 e. The van der Waals surface area contributed by atoms with Crippen molar-refractivity contribution in [1.82, 2.24) is 10.2 Å². The summed E-state index contributed by atoms with van der Waals surface area (Å²) in [5.74, 6) is 1.24. The van der Waals surface area contributed by atoms with Gasteiger partial charge >= 0.3 is 6.03 Å². The van der Waals surface area contributed by atoms with Gasteiger partial charge in [0, 0.05) is 18.3 Å². The summed E-state index contributed by atoms with van der Waals surface area (Å²) in [6.45, 7) is 4.71. The molecule has 1 unspecified atom stereocenters. The Morgan fingerprint density at radius 1 is 0.837 bits per heavy atom. The first kappa shape index (κ1) is 30.4. The third-order valence-electron chi connectivity index (χ3n) is 8.63. The Hall–Kier alpha value is -4.09. The summed E-state index contributed by atoms with van der Waals surface area (Å²) in [4.78, 5) is 16.3. The van der Waals surface area contributed by atoms with Gasteiger partial charge in [0.05, 0.1) is 7.11 Å². The van der Waals surface area contributed by atoms with Crippen molar-refractivity contribution in [2.75, 3.05) is 25.5 Å². The minimum absolute atomic E-state index is 0.0492. The average molecular weight is 576 g/mol. The Bertz CT molecular complexity index is 1400. The van der Waals surface area contributed by atoms with Crippen LogP contribution in [0.2, 0.25) is 0 Å². The van der Waals surface area contributed by atoms with Crippen molar-refractivity contribution in [1.29, 1.82) is 0 Å². The van der Waals surface area contributed by atoms with Crippen LogP contribution in [0.15, 0.2) is 103 Å². The topological polar surface area (TPSA) is 53.6 Å². The van der Waals surface area contributed by atoms with Crippen LogP contribution in [0.5, 0.6) is 5.75 Å². The number of amides is 2. The minimum atomic E-state index is -0.0505. The van der Waals surface area contributed by atoms with Crippen molar-refractivity contribution >= 4 is 11.7 Å². The van der Waals surface area contributed by atoms with Crippen molar-refractivity contribution in [3.05, 3.63) is 120 Å². The summed E-state index contributed by atoms with van der Waals surface area (Å²) in [5.41, 5.74) is 6.85. The second kappa shape index (κ2) is 15.4. The Labute approximate surface area is 257 Å². The molecule has 1 heterocycles. The molecular weight excluding hydrogens is 530 g/mol. The van der Waals surface area contributed by atoms with Crippen LogP contribution in [0.4, 0.5) is 10.5 Å². The summed E-state index contributed by atoms with van der Waals surface area (Å²) in [5, 5.41) is 6.77. The second-order valence-electron chi connectivity index (χ2n) is 11.6. The van der Waals surface area contributed by atoms with Crippen LogP contribution < -0.4 is 15.4 Å². The van der Waals surface area contributed by atoms with Crippen molar-refractivity contribution in [2.24, 2.45) is 5.92 Å². The number of nitrogens with zero attached hydrogens (tertiary/aromatic N) is 1. The highest BCUT2D eigenvalue weighted by Crippen LogP contribution is 2.29. The van der Waals surface area contributed by atoms with Gasteiger partial charge < -0.3 is 20.3 Å². The number of nitrogens with one attached hydrogen (secondary N) is 2. The molecule has 0 aromatic heterocycles. The van der Waals surface area contributed by atoms with Crippen molar-refractivity contribution < 1.29 is 9.53 Å². The van der Waals surface area contributed by atoms with E-state index in [-0.39, 0.29) is 12.1 Å². The molecule has 5 nitrogen and oxygen atoms in total. The number of piperidine rings is 1. The van der Waals surface area contributed by atoms with Crippen LogP contribution >= 0.6 is 0 Å². The number of hydrogen-bond donors (Lipinski definition) is 2. The normalized spacial score (nSPS) is 14.2. The Morgan fingerprint density at radius 3 is 2.12 bits per heavy atom. The quantitative estimate of drug-likeness (QED) is 0.179. The Morgan fingerprint density at radius 2 is 1.47 bits per heavy atom. The summed E-state index contributed by atoms with van der Waals surface area (Å²) in [6, 6.07) is 35.7. The lowest BCUT2D eigenvalue weighted by Gasteiger charge is -2.39. The Balaban J connectivity index is 1.43. The highest BCUT2D eigenvalue weighted by atomic mass is 16.5. The van der Waals surface area contributed by atoms with Gasteiger partial charge in [0.25, 0.3) is 0 Å². The van der Waals surface area contributed by atoms with E-state index in [0.717, 1.165) is 55.8 Å². The van der Waals surface area contributed by atoms with Crippen molar-refractivity contribution in [3.8, 4) is 16.9 Å². The number of hydrogen-bond acceptors (Lipinski definition) is 3. The van der Waals surface area contributed by atoms with E-state index >= 15 is 0 Å². The smallest absolute Gasteiger partial charge is 0.322 e. The number of methoxy groups -OCH3 is 1. The van der Waals surface area contributed by atoms with Gasteiger partial charge in [-0.15, -0.1) is 0 Å². The van der Waals surface area contributed by atoms with E-state index in [1.165, 1.54) is 35.1 Å². The van der Waals surface area contributed by atoms with Gasteiger partial charge in [0.15, 0.2) is 0 Å². The first-order chi connectivity index (χ1) is 21.1. The molecule has 1 aliphatic rings. The fourth-order valence-electron chi connectivity index (χ4n) is 6.06. The molecule has 5 heteroatoms. The van der Waals surface area contributed by atoms with E-state index in [9.17, 15) is 4.79 Å². The highest BCUT2D eigenvalue weighted by molar-refractivity contribution is 5.89. The van der Waals surface area contributed by atoms with E-state index in [0.29, 0.717) is 12.5 Å². The fourth-order valence-corrected chi connectivity index (χ4v) is 6.06. The third kappa shape index (κ3) is 8.48. The standard InChI is InChI=1S/C38H45N3O2/c1-3-4-8-29-13-19-35(20-14-29)40-38(42)41(28-31-11-17-33(18-12-31)32-9-6-5-7-10-32)37(34-23-25-39-26-24-34)27-30-15-21-36(43-2)22-16-30/h5-7,9-22,34,37,39H,3-4,8,23-28H2,1-2H3,(H,40,42). The lowest BCUT2D eigenvalue weighted by molar-refractivity contribution is 0.136. The van der Waals surface area contributed by atoms with Crippen LogP contribution in [0.1, 0.15) is 49.3 Å². The summed E-state index contributed by atoms with van der Waals surface area (Å²) in [6.07, 6.45) is 6.29. The molecule has 1 atom stereocenters. The van der Waals surface area contributed by atoms with Gasteiger partial charge in [-0.1, -0.05) is 92.2 Å². The lowest BCUT2D eigenvalue weighted by atomic mass is 9.85. The van der Waals surface area contributed by atoms with Crippen LogP contribution in [-0.2, 0) is 19.4 Å². The molecule has 4 aromatic rings. The summed E-state index contributed by atoms with van der Waals surface area (Å²) in [7, 11) is 1.69. The van der Waals surface area contributed by atoms with Crippen molar-refractivity contribution in [2.45, 2.75) is 58.0 Å². The molecule has 224 valence electrons. The molecular formula is C38H45N3O2. The van der Waals surface area contributed by atoms with Crippen molar-refractivity contribution in [3.63, 3.8) is 0 Å². The van der Waals surface area contributed by atoms with E-state index in [2.05, 4.69) is 95.3 Å². The van der Waals surface area contributed by atoms with Crippen LogP contribution in [0.3, 0.4) is 0 Å². The molecule has 1 saturated heterocycles. The lowest BCUT2D eigenvalue weighted by Crippen LogP contribution is -2.49. The predicted molar refractivity (Wildman–Crippen MR) is 178 cm³/mol. The van der Waals surface area contributed by atoms with Crippen LogP contribution in [-0.4, -0.2) is 37.2 Å². The Kier molecular flexibility index (Phi) is 10.9. The number of anilines is 1. The van der Waals surface area contributed by atoms with E-state index in [1.807, 2.05) is 30.3 Å². The number of rotatable bonds is 12. The number of ether oxygens (including phenoxy) is 1. The molecule has 0 spiro atoms. The summed E-state index contributed by atoms with van der Waals surface area (Å²) < 4.78 is 5.41. The van der Waals surface area contributed by atoms with Gasteiger partial charge in [0.2, 0.25) is 0 Å². The average Bonchev–Trinajstić information content (AvgIpc) is 3.07. The third-order valence-corrected chi connectivity index (χ3v) is 8.63. The van der Waals surface area contributed by atoms with E-state index < -0.39 is 0 Å². The first-order valence-electron chi connectivity index (χ1n) is 15.8. The molecule has 1 aliphatic heterocycles. The number of urea groups is 1. The fraction of sp³-hybridized carbons (Fsp3) is 0.342. The molecule has 0 aliphatic carbocycles. The van der Waals surface area contributed by atoms with Gasteiger partial charge in [-0.05, 0) is 103 Å². The van der Waals surface area contributed by atoms with Crippen LogP contribution in [0, 0.1) is 5.92 Å². The molecule has 4 aromatic carbocycles. The van der Waals surface area contributed by atoms with Gasteiger partial charge in [-0.2, -0.15) is 0 Å². The molecule has 0 radical (unpaired) electrons. The van der Waals surface area contributed by atoms with Gasteiger partial charge in [0.1, 0.15) is 5.75 Å². The number of benzene rings is 4. The molecule has 2 N–H and O–H groups in total. The maximum Gasteiger partial charge on any atom is 0.322 e. The molecule has 1 fully saturated rings. The number of carbonyl (C=O) groups excluding carboxylic acids is 1. The molecule has 0 saturated carbocycles. The zero-order chi connectivity index (χ0) is 29.9. The molecule has 5 rings (SSSR count). The molecule has 0 bridgehead atoms. The van der Waals surface area contributed by atoms with E-state index in [4.69, 9.17) is 4.74 Å². The number of carbonyl (C=O) groups is 1. The molecule has 2 amide bonds.